The molecule has 15 aromatic rings. The van der Waals surface area contributed by atoms with Gasteiger partial charge in [0.1, 0.15) is 57.8 Å². The molecule has 2 amide bonds. The molecule has 127 heavy (non-hydrogen) atoms. The van der Waals surface area contributed by atoms with Gasteiger partial charge in [-0.15, -0.1) is 0 Å². The van der Waals surface area contributed by atoms with E-state index in [2.05, 4.69) is 70.8 Å². The molecule has 36 nitrogen and oxygen atoms in total. The second kappa shape index (κ2) is 41.2. The molecule has 0 saturated heterocycles. The number of nitrogens with two attached hydrogens (primary N) is 1. The smallest absolute Gasteiger partial charge is 0.356 e. The third-order valence-electron chi connectivity index (χ3n) is 20.1. The molecule has 0 saturated carbocycles. The molecule has 12 heterocycles. The molecule has 0 aliphatic carbocycles. The summed E-state index contributed by atoms with van der Waals surface area (Å²) >= 11 is 0. The number of imidazole rings is 4. The molecule has 18 rings (SSSR count). The van der Waals surface area contributed by atoms with Crippen LogP contribution in [0.25, 0.3) is 38.0 Å². The number of aromatic amines is 3. The van der Waals surface area contributed by atoms with E-state index in [1.54, 1.807) is 139 Å². The molecule has 0 atom stereocenters. The Morgan fingerprint density at radius 2 is 0.803 bits per heavy atom. The maximum absolute atomic E-state index is 14.7. The average Bonchev–Trinajstić information content (AvgIpc) is 1.75. The van der Waals surface area contributed by atoms with Crippen LogP contribution in [0.4, 0.5) is 19.0 Å². The highest BCUT2D eigenvalue weighted by atomic mass is 19.1. The number of halogens is 3. The highest BCUT2D eigenvalue weighted by molar-refractivity contribution is 5.97. The summed E-state index contributed by atoms with van der Waals surface area (Å²) in [6, 6.07) is 33.9. The summed E-state index contributed by atoms with van der Waals surface area (Å²) in [6.45, 7) is 12.2. The quantitative estimate of drug-likeness (QED) is 0.0366. The average molecular weight is 1730 g/mol. The van der Waals surface area contributed by atoms with Gasteiger partial charge in [-0.05, 0) is 99.0 Å². The van der Waals surface area contributed by atoms with Crippen LogP contribution in [-0.4, -0.2) is 186 Å². The maximum Gasteiger partial charge on any atom is 0.356 e. The van der Waals surface area contributed by atoms with Crippen LogP contribution in [0.3, 0.4) is 0 Å². The van der Waals surface area contributed by atoms with Crippen molar-refractivity contribution in [2.75, 3.05) is 51.8 Å². The van der Waals surface area contributed by atoms with E-state index in [1.165, 1.54) is 71.0 Å². The Labute approximate surface area is 718 Å². The van der Waals surface area contributed by atoms with Crippen LogP contribution < -0.4 is 27.7 Å². The van der Waals surface area contributed by atoms with Crippen LogP contribution in [-0.2, 0) is 77.5 Å². The van der Waals surface area contributed by atoms with E-state index in [4.69, 9.17) is 29.8 Å². The van der Waals surface area contributed by atoms with Crippen molar-refractivity contribution in [3.8, 4) is 0 Å². The summed E-state index contributed by atoms with van der Waals surface area (Å²) in [5.41, 5.74) is 9.93. The number of nitrogens with one attached hydrogen (secondary N) is 4. The number of fused-ring (bicyclic) bond motifs is 7. The van der Waals surface area contributed by atoms with E-state index in [-0.39, 0.29) is 78.0 Å². The van der Waals surface area contributed by atoms with Crippen molar-refractivity contribution in [1.82, 2.24) is 98.7 Å². The number of anilines is 1. The fraction of sp³-hybridized carbons (Fsp3) is 0.227. The Morgan fingerprint density at radius 1 is 0.425 bits per heavy atom. The topological polar surface area (TPSA) is 468 Å². The van der Waals surface area contributed by atoms with E-state index < -0.39 is 47.2 Å². The number of carboxylic acid groups (broad SMARTS) is 1. The highest BCUT2D eigenvalue weighted by Crippen LogP contribution is 2.27. The van der Waals surface area contributed by atoms with Gasteiger partial charge >= 0.3 is 29.8 Å². The molecule has 3 aliphatic rings. The van der Waals surface area contributed by atoms with Crippen molar-refractivity contribution in [1.29, 1.82) is 0 Å². The fourth-order valence-corrected chi connectivity index (χ4v) is 14.1. The van der Waals surface area contributed by atoms with Crippen LogP contribution in [0.2, 0.25) is 0 Å². The highest BCUT2D eigenvalue weighted by Gasteiger charge is 2.31. The lowest BCUT2D eigenvalue weighted by molar-refractivity contribution is 0.0498. The molecular formula is C88H82F3N21O15. The van der Waals surface area contributed by atoms with Crippen LogP contribution in [0.1, 0.15) is 152 Å². The largest absolute Gasteiger partial charge is 0.478 e. The number of carboxylic acids is 1. The van der Waals surface area contributed by atoms with Gasteiger partial charge in [-0.25, -0.2) is 77.4 Å². The van der Waals surface area contributed by atoms with Gasteiger partial charge in [-0.3, -0.25) is 38.3 Å². The molecule has 39 heteroatoms. The number of nitrogens with zero attached hydrogens (tertiary/aromatic N) is 16. The van der Waals surface area contributed by atoms with Gasteiger partial charge in [0.15, 0.2) is 11.3 Å². The fourth-order valence-electron chi connectivity index (χ4n) is 14.1. The van der Waals surface area contributed by atoms with Crippen molar-refractivity contribution in [2.24, 2.45) is 0 Å². The van der Waals surface area contributed by atoms with Crippen molar-refractivity contribution in [3.05, 3.63) is 329 Å². The standard InChI is InChI=1S/2C25H22FN5O4.C16H11FN2O3.C9H13N3O2.C9H9N3O2.C4H5N3/c2*1-2-35-25(34)21-13-27-22-14-30(9-10-31(21)22)24(33)18-11-15(7-8-19(18)26)12-20-16-5-3-4-6-17(16)23(32)29-28-20;17-13-6-5-9(7-12(13)16(21)22)8-14-10-3-1-2-4-11(10)15(20)19-18-14;2*1-2-14-9(13)7-5-11-8-6-10-3-4-12(7)8;5-4-3-6-1-2-7-4/h2*3-8,11,13H,2,9-10,12,14H2,1H3,(H,29,32);1-7H,8H2,(H,19,20)(H,21,22);5,10H,2-4,6H2,1H3;3-6H,2H2,1H3;1-3H,(H2,5,7). The molecule has 6 aromatic carbocycles. The van der Waals surface area contributed by atoms with E-state index >= 15 is 0 Å². The minimum Gasteiger partial charge on any atom is -0.478 e. The van der Waals surface area contributed by atoms with Crippen molar-refractivity contribution in [3.63, 3.8) is 0 Å². The Morgan fingerprint density at radius 3 is 1.20 bits per heavy atom. The summed E-state index contributed by atoms with van der Waals surface area (Å²) < 4.78 is 69.8. The predicted molar refractivity (Wildman–Crippen MR) is 453 cm³/mol. The number of rotatable bonds is 17. The molecule has 3 aliphatic heterocycles. The third-order valence-corrected chi connectivity index (χ3v) is 20.1. The van der Waals surface area contributed by atoms with Crippen LogP contribution in [0, 0.1) is 17.5 Å². The zero-order valence-electron chi connectivity index (χ0n) is 68.7. The van der Waals surface area contributed by atoms with Gasteiger partial charge in [0.25, 0.3) is 28.5 Å². The van der Waals surface area contributed by atoms with E-state index in [0.717, 1.165) is 31.5 Å². The number of nitrogen functional groups attached to an aromatic ring is 1. The van der Waals surface area contributed by atoms with E-state index in [1.807, 2.05) is 28.8 Å². The summed E-state index contributed by atoms with van der Waals surface area (Å²) in [4.78, 5) is 151. The van der Waals surface area contributed by atoms with E-state index in [9.17, 15) is 61.1 Å². The first-order valence-corrected chi connectivity index (χ1v) is 39.9. The Balaban J connectivity index is 0.000000139. The summed E-state index contributed by atoms with van der Waals surface area (Å²) in [6.07, 6.45) is 16.3. The van der Waals surface area contributed by atoms with Crippen molar-refractivity contribution < 1.29 is 70.8 Å². The second-order valence-electron chi connectivity index (χ2n) is 28.1. The van der Waals surface area contributed by atoms with Crippen LogP contribution in [0.15, 0.2) is 204 Å². The first kappa shape index (κ1) is 88.7. The Bertz CT molecular complexity index is 6560. The monoisotopic (exact) mass is 1730 g/mol. The third kappa shape index (κ3) is 21.0. The number of carbonyl (C=O) groups is 7. The zero-order chi connectivity index (χ0) is 89.8. The number of carbonyl (C=O) groups excluding carboxylic acids is 6. The number of benzene rings is 6. The van der Waals surface area contributed by atoms with Crippen molar-refractivity contribution >= 4 is 85.4 Å². The molecule has 0 spiro atoms. The Kier molecular flexibility index (Phi) is 28.8. The minimum atomic E-state index is -1.32. The molecular weight excluding hydrogens is 1650 g/mol. The number of hydrogen-bond acceptors (Lipinski definition) is 26. The molecule has 7 N–H and O–H groups in total. The van der Waals surface area contributed by atoms with Gasteiger partial charge in [-0.1, -0.05) is 72.8 Å². The van der Waals surface area contributed by atoms with Crippen LogP contribution >= 0.6 is 0 Å². The first-order valence-electron chi connectivity index (χ1n) is 39.9. The number of hydrogen-bond donors (Lipinski definition) is 6. The van der Waals surface area contributed by atoms with E-state index in [0.29, 0.717) is 164 Å². The van der Waals surface area contributed by atoms with Crippen molar-refractivity contribution in [2.45, 2.75) is 86.2 Å². The molecule has 0 radical (unpaired) electrons. The zero-order valence-corrected chi connectivity index (χ0v) is 68.7. The lowest BCUT2D eigenvalue weighted by Gasteiger charge is -2.28. The molecule has 650 valence electrons. The number of aromatic nitrogens is 17. The van der Waals surface area contributed by atoms with Gasteiger partial charge in [0.2, 0.25) is 0 Å². The SMILES string of the molecule is CCOC(=O)c1cnc2cnccn12.CCOC(=O)c1cnc2n1CCN(C(=O)c1cc(Cc3n[nH]c(=O)c4ccccc34)ccc1F)C2.CCOC(=O)c1cnc2n1CCN(C(=O)c1cc(Cc3n[nH]c(=O)c4ccccc34)ccc1F)C2.CCOC(=O)c1cnc2n1CCNC2.Nc1cnccn1.O=C(O)c1cc(Cc2n[nH]c(=O)c3ccccc23)ccc1F. The van der Waals surface area contributed by atoms with Gasteiger partial charge in [0.05, 0.1) is 133 Å². The molecule has 9 aromatic heterocycles. The molecule has 0 bridgehead atoms. The lowest BCUT2D eigenvalue weighted by Crippen LogP contribution is -2.39. The number of H-pyrrole nitrogens is 3. The van der Waals surface area contributed by atoms with Gasteiger partial charge < -0.3 is 58.6 Å². The lowest BCUT2D eigenvalue weighted by atomic mass is 10.0. The Hall–Kier alpha value is -16.1. The predicted octanol–water partition coefficient (Wildman–Crippen LogP) is 8.84. The van der Waals surface area contributed by atoms with Gasteiger partial charge in [0, 0.05) is 99.5 Å². The summed E-state index contributed by atoms with van der Waals surface area (Å²) in [5, 5.41) is 35.5. The number of ether oxygens (including phenoxy) is 4. The number of amides is 2. The normalized spacial score (nSPS) is 12.3. The molecule has 0 fully saturated rings. The number of esters is 4. The second-order valence-corrected chi connectivity index (χ2v) is 28.1. The first-order chi connectivity index (χ1) is 61.5. The minimum absolute atomic E-state index is 0.0538. The van der Waals surface area contributed by atoms with Crippen LogP contribution in [0.5, 0.6) is 0 Å². The summed E-state index contributed by atoms with van der Waals surface area (Å²) in [5.74, 6) is -3.43. The summed E-state index contributed by atoms with van der Waals surface area (Å²) in [7, 11) is 0. The van der Waals surface area contributed by atoms with Gasteiger partial charge in [-0.2, -0.15) is 15.3 Å². The molecule has 0 unspecified atom stereocenters. The maximum atomic E-state index is 14.7. The number of aromatic carboxylic acids is 1.